The van der Waals surface area contributed by atoms with Crippen molar-refractivity contribution in [2.24, 2.45) is 4.99 Å². The van der Waals surface area contributed by atoms with Crippen molar-refractivity contribution in [3.63, 3.8) is 0 Å². The molecular formula is C10H15NO. The fraction of sp³-hybridized carbons (Fsp3) is 0.300. The van der Waals surface area contributed by atoms with Crippen LogP contribution in [0.5, 0.6) is 0 Å². The van der Waals surface area contributed by atoms with Crippen LogP contribution in [0.15, 0.2) is 42.1 Å². The molecule has 1 atom stereocenters. The normalized spacial score (nSPS) is 14.7. The molecule has 0 amide bonds. The lowest BCUT2D eigenvalue weighted by Gasteiger charge is -2.05. The summed E-state index contributed by atoms with van der Waals surface area (Å²) in [5.74, 6) is 0. The average Bonchev–Trinajstić information content (AvgIpc) is 2.03. The minimum absolute atomic E-state index is 0.468. The zero-order valence-corrected chi connectivity index (χ0v) is 7.40. The van der Waals surface area contributed by atoms with Gasteiger partial charge in [0.05, 0.1) is 6.10 Å². The third-order valence-corrected chi connectivity index (χ3v) is 1.35. The monoisotopic (exact) mass is 165 g/mol. The molecule has 0 saturated heterocycles. The van der Waals surface area contributed by atoms with Crippen molar-refractivity contribution in [3.05, 3.63) is 37.1 Å². The number of aliphatic hydroxyl groups excluding tert-OH is 1. The van der Waals surface area contributed by atoms with Gasteiger partial charge in [0.1, 0.15) is 0 Å². The first-order valence-corrected chi connectivity index (χ1v) is 3.84. The summed E-state index contributed by atoms with van der Waals surface area (Å²) in [6, 6.07) is 0. The van der Waals surface area contributed by atoms with E-state index in [1.165, 1.54) is 0 Å². The summed E-state index contributed by atoms with van der Waals surface area (Å²) >= 11 is 0. The molecule has 0 saturated carbocycles. The molecule has 0 aromatic heterocycles. The van der Waals surface area contributed by atoms with Gasteiger partial charge in [-0.15, -0.1) is 6.58 Å². The number of nitrogens with zero attached hydrogens (tertiary/aromatic N) is 1. The van der Waals surface area contributed by atoms with E-state index in [0.717, 1.165) is 5.57 Å². The fourth-order valence-corrected chi connectivity index (χ4v) is 0.697. The van der Waals surface area contributed by atoms with Gasteiger partial charge in [-0.3, -0.25) is 4.99 Å². The van der Waals surface area contributed by atoms with Crippen molar-refractivity contribution >= 4 is 6.21 Å². The van der Waals surface area contributed by atoms with E-state index >= 15 is 0 Å². The quantitative estimate of drug-likeness (QED) is 0.491. The number of rotatable bonds is 5. The molecule has 0 heterocycles. The molecule has 0 fully saturated rings. The minimum Gasteiger partial charge on any atom is -0.389 e. The Morgan fingerprint density at radius 1 is 1.58 bits per heavy atom. The Hall–Kier alpha value is -1.15. The maximum Gasteiger partial charge on any atom is 0.0742 e. The predicted molar refractivity (Wildman–Crippen MR) is 53.3 cm³/mol. The zero-order chi connectivity index (χ0) is 9.40. The average molecular weight is 165 g/mol. The van der Waals surface area contributed by atoms with Crippen LogP contribution in [0.25, 0.3) is 0 Å². The highest BCUT2D eigenvalue weighted by molar-refractivity contribution is 5.70. The van der Waals surface area contributed by atoms with Gasteiger partial charge in [-0.05, 0) is 18.9 Å². The molecule has 0 aliphatic carbocycles. The third kappa shape index (κ3) is 4.63. The van der Waals surface area contributed by atoms with Crippen molar-refractivity contribution in [3.8, 4) is 0 Å². The predicted octanol–water partition coefficient (Wildman–Crippen LogP) is 2.08. The Morgan fingerprint density at radius 2 is 2.25 bits per heavy atom. The lowest BCUT2D eigenvalue weighted by molar-refractivity contribution is 0.229. The van der Waals surface area contributed by atoms with Gasteiger partial charge in [0, 0.05) is 12.4 Å². The van der Waals surface area contributed by atoms with Gasteiger partial charge in [-0.2, -0.15) is 0 Å². The summed E-state index contributed by atoms with van der Waals surface area (Å²) in [6.07, 6.45) is 6.72. The summed E-state index contributed by atoms with van der Waals surface area (Å²) < 4.78 is 0. The summed E-state index contributed by atoms with van der Waals surface area (Å²) in [4.78, 5) is 3.92. The van der Waals surface area contributed by atoms with Crippen LogP contribution in [0, 0.1) is 0 Å². The second kappa shape index (κ2) is 6.55. The number of aliphatic imine (C=N–C) groups is 1. The van der Waals surface area contributed by atoms with E-state index in [-0.39, 0.29) is 0 Å². The first kappa shape index (κ1) is 10.8. The molecule has 0 aliphatic rings. The Labute approximate surface area is 73.6 Å². The number of hydrogen-bond acceptors (Lipinski definition) is 2. The molecule has 0 radical (unpaired) electrons. The molecule has 0 spiro atoms. The Balaban J connectivity index is 4.26. The molecule has 0 aliphatic heterocycles. The molecular weight excluding hydrogens is 150 g/mol. The molecule has 0 aromatic carbocycles. The molecule has 1 N–H and O–H groups in total. The summed E-state index contributed by atoms with van der Waals surface area (Å²) in [5, 5.41) is 9.23. The highest BCUT2D eigenvalue weighted by Crippen LogP contribution is 2.07. The van der Waals surface area contributed by atoms with Crippen LogP contribution >= 0.6 is 0 Å². The van der Waals surface area contributed by atoms with Crippen molar-refractivity contribution in [2.45, 2.75) is 19.4 Å². The van der Waals surface area contributed by atoms with E-state index in [1.54, 1.807) is 31.5 Å². The van der Waals surface area contributed by atoms with Crippen molar-refractivity contribution in [2.75, 3.05) is 0 Å². The maximum absolute atomic E-state index is 9.23. The van der Waals surface area contributed by atoms with E-state index in [2.05, 4.69) is 18.2 Å². The maximum atomic E-state index is 9.23. The molecule has 1 unspecified atom stereocenters. The molecule has 12 heavy (non-hydrogen) atoms. The van der Waals surface area contributed by atoms with Crippen LogP contribution in [-0.4, -0.2) is 17.4 Å². The van der Waals surface area contributed by atoms with Crippen LogP contribution in [0.3, 0.4) is 0 Å². The Bertz CT molecular complexity index is 202. The van der Waals surface area contributed by atoms with E-state index in [0.29, 0.717) is 6.42 Å². The lowest BCUT2D eigenvalue weighted by Crippen LogP contribution is -2.03. The molecule has 2 nitrogen and oxygen atoms in total. The summed E-state index contributed by atoms with van der Waals surface area (Å²) in [6.45, 7) is 8.78. The van der Waals surface area contributed by atoms with Crippen LogP contribution in [0.1, 0.15) is 13.3 Å². The molecule has 0 aromatic rings. The first-order chi connectivity index (χ1) is 5.72. The summed E-state index contributed by atoms with van der Waals surface area (Å²) in [7, 11) is 0. The van der Waals surface area contributed by atoms with Gasteiger partial charge in [0.2, 0.25) is 0 Å². The van der Waals surface area contributed by atoms with E-state index in [9.17, 15) is 5.11 Å². The second-order valence-corrected chi connectivity index (χ2v) is 2.41. The smallest absolute Gasteiger partial charge is 0.0742 e. The van der Waals surface area contributed by atoms with Crippen LogP contribution < -0.4 is 0 Å². The largest absolute Gasteiger partial charge is 0.389 e. The number of aliphatic hydroxyl groups is 1. The first-order valence-electron chi connectivity index (χ1n) is 3.84. The molecule has 0 bridgehead atoms. The van der Waals surface area contributed by atoms with Gasteiger partial charge < -0.3 is 5.11 Å². The highest BCUT2D eigenvalue weighted by Gasteiger charge is 2.00. The molecule has 66 valence electrons. The highest BCUT2D eigenvalue weighted by atomic mass is 16.3. The minimum atomic E-state index is -0.468. The Morgan fingerprint density at radius 3 is 2.67 bits per heavy atom. The third-order valence-electron chi connectivity index (χ3n) is 1.35. The van der Waals surface area contributed by atoms with E-state index in [4.69, 9.17) is 0 Å². The van der Waals surface area contributed by atoms with Crippen LogP contribution in [-0.2, 0) is 0 Å². The SMILES string of the molecule is C=CC=N/C=C(\CC=C)C(C)O. The van der Waals surface area contributed by atoms with Crippen molar-refractivity contribution in [1.29, 1.82) is 0 Å². The van der Waals surface area contributed by atoms with Crippen molar-refractivity contribution < 1.29 is 5.11 Å². The number of allylic oxidation sites excluding steroid dienone is 2. The topological polar surface area (TPSA) is 32.6 Å². The molecule has 0 rings (SSSR count). The van der Waals surface area contributed by atoms with Gasteiger partial charge in [-0.25, -0.2) is 0 Å². The van der Waals surface area contributed by atoms with E-state index < -0.39 is 6.10 Å². The van der Waals surface area contributed by atoms with Crippen LogP contribution in [0.4, 0.5) is 0 Å². The van der Waals surface area contributed by atoms with Crippen molar-refractivity contribution in [1.82, 2.24) is 0 Å². The zero-order valence-electron chi connectivity index (χ0n) is 7.40. The molecule has 2 heteroatoms. The summed E-state index contributed by atoms with van der Waals surface area (Å²) in [5.41, 5.74) is 0.850. The standard InChI is InChI=1S/C10H15NO/c1-4-6-10(9(3)12)8-11-7-5-2/h4-5,7-9,12H,1-2,6H2,3H3/b10-8+,11-7?. The van der Waals surface area contributed by atoms with E-state index in [1.807, 2.05) is 0 Å². The number of hydrogen-bond donors (Lipinski definition) is 1. The lowest BCUT2D eigenvalue weighted by atomic mass is 10.1. The van der Waals surface area contributed by atoms with Gasteiger partial charge in [0.15, 0.2) is 0 Å². The second-order valence-electron chi connectivity index (χ2n) is 2.41. The fourth-order valence-electron chi connectivity index (χ4n) is 0.697. The van der Waals surface area contributed by atoms with Gasteiger partial charge in [0.25, 0.3) is 0 Å². The van der Waals surface area contributed by atoms with Gasteiger partial charge in [-0.1, -0.05) is 18.7 Å². The van der Waals surface area contributed by atoms with Crippen LogP contribution in [0.2, 0.25) is 0 Å². The Kier molecular flexibility index (Phi) is 5.93. The van der Waals surface area contributed by atoms with Gasteiger partial charge >= 0.3 is 0 Å².